The zero-order chi connectivity index (χ0) is 61.9. The van der Waals surface area contributed by atoms with Crippen LogP contribution in [0.2, 0.25) is 0 Å². The number of nitrogens with zero attached hydrogens (tertiary/aromatic N) is 7. The Labute approximate surface area is 521 Å². The number of amides is 1. The van der Waals surface area contributed by atoms with Gasteiger partial charge in [-0.05, 0) is 115 Å². The highest BCUT2D eigenvalue weighted by molar-refractivity contribution is 5.94. The van der Waals surface area contributed by atoms with Crippen molar-refractivity contribution < 1.29 is 36.9 Å². The lowest BCUT2D eigenvalue weighted by atomic mass is 10.1. The van der Waals surface area contributed by atoms with Crippen molar-refractivity contribution in [3.63, 3.8) is 0 Å². The third kappa shape index (κ3) is 17.0. The molecule has 458 valence electrons. The SMILES string of the molecule is C.C=C(NCc1ccc(OCc2ccccc2F)cc1)c1cccn2cncc12.C=C(c1cn2ccccc2n1)N(Cc1ccc(OCc2ccccc2F)cc1)[C@H](C)COC.O=C(NCc1ccc(OCc2ccccc2F)cc1)c1ccc2cncn2c1. The van der Waals surface area contributed by atoms with Crippen LogP contribution >= 0.6 is 0 Å². The Bertz CT molecular complexity index is 4270. The number of hydrogen-bond acceptors (Lipinski definition) is 10. The van der Waals surface area contributed by atoms with Gasteiger partial charge in [0.25, 0.3) is 5.91 Å². The fraction of sp³-hybridized carbons (Fsp3) is 0.151. The van der Waals surface area contributed by atoms with Gasteiger partial charge in [0, 0.05) is 85.5 Å². The Morgan fingerprint density at radius 2 is 1.08 bits per heavy atom. The summed E-state index contributed by atoms with van der Waals surface area (Å²) in [5.41, 5.74) is 11.6. The molecule has 0 fully saturated rings. The van der Waals surface area contributed by atoms with E-state index in [0.717, 1.165) is 56.0 Å². The van der Waals surface area contributed by atoms with Crippen LogP contribution in [0, 0.1) is 17.5 Å². The molecule has 0 aliphatic carbocycles. The molecule has 1 atom stereocenters. The number of nitrogens with one attached hydrogen (secondary N) is 2. The second-order valence-electron chi connectivity index (χ2n) is 20.8. The maximum atomic E-state index is 13.8. The molecule has 1 amide bonds. The summed E-state index contributed by atoms with van der Waals surface area (Å²) in [7, 11) is 1.70. The molecular formula is C73H70F3N9O5. The molecule has 6 heterocycles. The van der Waals surface area contributed by atoms with Gasteiger partial charge in [0.1, 0.15) is 65.9 Å². The second-order valence-corrected chi connectivity index (χ2v) is 20.8. The van der Waals surface area contributed by atoms with Crippen LogP contribution in [0.5, 0.6) is 17.2 Å². The van der Waals surface area contributed by atoms with Crippen molar-refractivity contribution in [1.29, 1.82) is 0 Å². The molecule has 0 aliphatic heterocycles. The number of carbonyl (C=O) groups excluding carboxylic acids is 1. The predicted molar refractivity (Wildman–Crippen MR) is 347 cm³/mol. The molecule has 0 saturated carbocycles. The molecule has 0 unspecified atom stereocenters. The molecule has 2 N–H and O–H groups in total. The van der Waals surface area contributed by atoms with Crippen molar-refractivity contribution >= 4 is 34.0 Å². The molecular weight excluding hydrogens is 1140 g/mol. The molecule has 14 nitrogen and oxygen atoms in total. The highest BCUT2D eigenvalue weighted by atomic mass is 19.1. The van der Waals surface area contributed by atoms with E-state index in [1.54, 1.807) is 109 Å². The van der Waals surface area contributed by atoms with Gasteiger partial charge in [0.2, 0.25) is 0 Å². The van der Waals surface area contributed by atoms with Crippen molar-refractivity contribution in [3.8, 4) is 17.2 Å². The van der Waals surface area contributed by atoms with Gasteiger partial charge in [0.15, 0.2) is 0 Å². The number of rotatable bonds is 23. The first kappa shape index (κ1) is 63.6. The third-order valence-electron chi connectivity index (χ3n) is 14.5. The highest BCUT2D eigenvalue weighted by Gasteiger charge is 2.20. The van der Waals surface area contributed by atoms with Crippen molar-refractivity contribution in [3.05, 3.63) is 319 Å². The summed E-state index contributed by atoms with van der Waals surface area (Å²) in [4.78, 5) is 27.5. The normalized spacial score (nSPS) is 11.1. The van der Waals surface area contributed by atoms with Crippen molar-refractivity contribution in [2.45, 2.75) is 59.8 Å². The fourth-order valence-electron chi connectivity index (χ4n) is 9.54. The van der Waals surface area contributed by atoms with Crippen molar-refractivity contribution in [2.75, 3.05) is 13.7 Å². The van der Waals surface area contributed by atoms with Gasteiger partial charge in [-0.15, -0.1) is 0 Å². The molecule has 0 bridgehead atoms. The van der Waals surface area contributed by atoms with Crippen LogP contribution in [0.25, 0.3) is 28.1 Å². The minimum atomic E-state index is -0.282. The molecule has 0 saturated heterocycles. The Morgan fingerprint density at radius 3 is 1.63 bits per heavy atom. The Morgan fingerprint density at radius 1 is 0.567 bits per heavy atom. The summed E-state index contributed by atoms with van der Waals surface area (Å²) in [5.74, 6) is 1.08. The zero-order valence-electron chi connectivity index (χ0n) is 49.3. The molecule has 0 aliphatic rings. The van der Waals surface area contributed by atoms with Crippen molar-refractivity contribution in [1.82, 2.24) is 43.7 Å². The fourth-order valence-corrected chi connectivity index (χ4v) is 9.54. The zero-order valence-corrected chi connectivity index (χ0v) is 49.3. The summed E-state index contributed by atoms with van der Waals surface area (Å²) in [6, 6.07) is 56.4. The van der Waals surface area contributed by atoms with E-state index in [1.807, 2.05) is 131 Å². The molecule has 0 spiro atoms. The smallest absolute Gasteiger partial charge is 0.253 e. The summed E-state index contributed by atoms with van der Waals surface area (Å²) in [5, 5.41) is 6.25. The first-order chi connectivity index (χ1) is 43.4. The summed E-state index contributed by atoms with van der Waals surface area (Å²) in [6.07, 6.45) is 14.7. The van der Waals surface area contributed by atoms with Crippen LogP contribution < -0.4 is 24.8 Å². The first-order valence-corrected chi connectivity index (χ1v) is 28.7. The number of ether oxygens (including phenoxy) is 4. The summed E-state index contributed by atoms with van der Waals surface area (Å²) < 4.78 is 69.3. The van der Waals surface area contributed by atoms with E-state index >= 15 is 0 Å². The van der Waals surface area contributed by atoms with Crippen LogP contribution in [0.3, 0.4) is 0 Å². The van der Waals surface area contributed by atoms with Crippen LogP contribution in [0.1, 0.15) is 69.3 Å². The second kappa shape index (κ2) is 31.1. The van der Waals surface area contributed by atoms with E-state index in [2.05, 4.69) is 45.6 Å². The van der Waals surface area contributed by atoms with E-state index in [-0.39, 0.29) is 56.6 Å². The number of imidazole rings is 3. The number of pyridine rings is 3. The number of fused-ring (bicyclic) bond motifs is 3. The third-order valence-corrected chi connectivity index (χ3v) is 14.5. The average Bonchev–Trinajstić information content (AvgIpc) is 1.85. The van der Waals surface area contributed by atoms with E-state index in [1.165, 1.54) is 18.2 Å². The number of benzene rings is 6. The predicted octanol–water partition coefficient (Wildman–Crippen LogP) is 15.0. The number of carbonyl (C=O) groups is 1. The average molecular weight is 1210 g/mol. The monoisotopic (exact) mass is 1210 g/mol. The quantitative estimate of drug-likeness (QED) is 0.0638. The van der Waals surface area contributed by atoms with E-state index in [9.17, 15) is 18.0 Å². The molecule has 12 rings (SSSR count). The van der Waals surface area contributed by atoms with E-state index in [0.29, 0.717) is 65.7 Å². The number of hydrogen-bond donors (Lipinski definition) is 2. The lowest BCUT2D eigenvalue weighted by Gasteiger charge is -2.32. The van der Waals surface area contributed by atoms with Crippen molar-refractivity contribution in [2.24, 2.45) is 0 Å². The maximum absolute atomic E-state index is 13.8. The standard InChI is InChI=1S/C27H28FN3O2.C23H20FN3O.C22H18FN3O2.CH4/c1-20(18-32-3)31(21(2)26-17-30-15-7-6-10-27(30)29-26)16-22-11-13-24(14-12-22)33-19-23-8-4-5-9-25(23)28;1-17(21-6-4-12-27-16-25-14-23(21)27)26-13-18-8-10-20(11-9-18)28-15-19-5-2-3-7-22(19)24;23-21-4-2-1-3-18(21)14-28-20-9-5-16(6-10-20)11-25-22(27)17-7-8-19-12-24-15-26(19)13-17;/h4-15,17,20H,2,16,18-19H2,1,3H3;2-12,14,16,26H,1,13,15H2;1-10,12-13,15H,11,14H2,(H,25,27);1H4/t20-;;;/m1.../s1. The van der Waals surface area contributed by atoms with Gasteiger partial charge in [-0.1, -0.05) is 118 Å². The number of methoxy groups -OCH3 is 1. The molecule has 6 aromatic carbocycles. The lowest BCUT2D eigenvalue weighted by molar-refractivity contribution is 0.0950. The Kier molecular flexibility index (Phi) is 22.0. The minimum absolute atomic E-state index is 0. The topological polar surface area (TPSA) is 133 Å². The van der Waals surface area contributed by atoms with Gasteiger partial charge in [-0.2, -0.15) is 0 Å². The molecule has 0 radical (unpaired) electrons. The Balaban J connectivity index is 0.000000160. The minimum Gasteiger partial charge on any atom is -0.489 e. The Hall–Kier alpha value is -10.9. The summed E-state index contributed by atoms with van der Waals surface area (Å²) >= 11 is 0. The van der Waals surface area contributed by atoms with Gasteiger partial charge in [-0.3, -0.25) is 4.79 Å². The maximum Gasteiger partial charge on any atom is 0.253 e. The van der Waals surface area contributed by atoms with Gasteiger partial charge in [-0.25, -0.2) is 28.1 Å². The molecule has 12 aromatic rings. The molecule has 6 aromatic heterocycles. The van der Waals surface area contributed by atoms with Gasteiger partial charge < -0.3 is 47.7 Å². The van der Waals surface area contributed by atoms with Gasteiger partial charge in [0.05, 0.1) is 53.9 Å². The molecule has 17 heteroatoms. The highest BCUT2D eigenvalue weighted by Crippen LogP contribution is 2.26. The van der Waals surface area contributed by atoms with Gasteiger partial charge >= 0.3 is 0 Å². The first-order valence-electron chi connectivity index (χ1n) is 28.7. The number of halogens is 3. The van der Waals surface area contributed by atoms with Crippen LogP contribution in [-0.2, 0) is 44.2 Å². The summed E-state index contributed by atoms with van der Waals surface area (Å²) in [6.45, 7) is 13.4. The lowest BCUT2D eigenvalue weighted by Crippen LogP contribution is -2.34. The van der Waals surface area contributed by atoms with Crippen LogP contribution in [0.15, 0.2) is 251 Å². The van der Waals surface area contributed by atoms with E-state index < -0.39 is 0 Å². The van der Waals surface area contributed by atoms with Crippen LogP contribution in [0.4, 0.5) is 13.2 Å². The van der Waals surface area contributed by atoms with E-state index in [4.69, 9.17) is 23.9 Å². The molecule has 90 heavy (non-hydrogen) atoms. The largest absolute Gasteiger partial charge is 0.489 e. The van der Waals surface area contributed by atoms with Crippen LogP contribution in [-0.4, -0.2) is 58.7 Å². The number of aromatic nitrogens is 6.